The van der Waals surface area contributed by atoms with Gasteiger partial charge in [0.15, 0.2) is 0 Å². The summed E-state index contributed by atoms with van der Waals surface area (Å²) < 4.78 is -0.263. The minimum atomic E-state index is -0.839. The number of aliphatic hydroxyl groups excluding tert-OH is 4. The van der Waals surface area contributed by atoms with E-state index in [4.69, 9.17) is 0 Å². The van der Waals surface area contributed by atoms with Gasteiger partial charge in [-0.15, -0.1) is 0 Å². The van der Waals surface area contributed by atoms with Crippen LogP contribution in [0, 0.1) is 0 Å². The van der Waals surface area contributed by atoms with Crippen molar-refractivity contribution in [1.82, 2.24) is 0 Å². The summed E-state index contributed by atoms with van der Waals surface area (Å²) in [6.45, 7) is -0.519. The van der Waals surface area contributed by atoms with Crippen LogP contribution in [0.2, 0.25) is 0 Å². The third-order valence-corrected chi connectivity index (χ3v) is 14.7. The highest BCUT2D eigenvalue weighted by Crippen LogP contribution is 2.57. The lowest BCUT2D eigenvalue weighted by molar-refractivity contribution is 0.281. The maximum Gasteiger partial charge on any atom is 0.137 e. The van der Waals surface area contributed by atoms with Crippen molar-refractivity contribution in [2.24, 2.45) is 0 Å². The van der Waals surface area contributed by atoms with E-state index in [1.54, 1.807) is 24.3 Å². The average molecular weight is 1090 g/mol. The molecule has 8 bridgehead atoms. The molecule has 0 atom stereocenters. The van der Waals surface area contributed by atoms with Crippen LogP contribution < -0.4 is 0 Å². The molecule has 0 saturated heterocycles. The van der Waals surface area contributed by atoms with Gasteiger partial charge in [0.2, 0.25) is 0 Å². The molecule has 0 amide bonds. The number of phenolic OH excluding ortho intramolecular Hbond substituents is 8. The van der Waals surface area contributed by atoms with Crippen molar-refractivity contribution in [2.75, 3.05) is 26.4 Å². The lowest BCUT2D eigenvalue weighted by Gasteiger charge is -2.30. The van der Waals surface area contributed by atoms with Crippen molar-refractivity contribution in [3.05, 3.63) is 86.7 Å². The lowest BCUT2D eigenvalue weighted by atomic mass is 9.76. The van der Waals surface area contributed by atoms with Crippen molar-refractivity contribution in [3.8, 4) is 46.0 Å². The summed E-state index contributed by atoms with van der Waals surface area (Å²) in [6, 6.07) is 6.40. The van der Waals surface area contributed by atoms with Crippen LogP contribution in [-0.4, -0.2) is 87.7 Å². The van der Waals surface area contributed by atoms with Crippen molar-refractivity contribution in [3.63, 3.8) is 0 Å². The van der Waals surface area contributed by atoms with Gasteiger partial charge < -0.3 is 61.3 Å². The first-order valence-corrected chi connectivity index (χ1v) is 23.2. The number of unbranched alkanes of at least 4 members (excludes halogenated alkanes) is 4. The summed E-state index contributed by atoms with van der Waals surface area (Å²) in [7, 11) is 0. The smallest absolute Gasteiger partial charge is 0.137 e. The third-order valence-electron chi connectivity index (χ3n) is 11.7. The fraction of sp³-hybridized carbons (Fsp3) is 0.455. The molecule has 0 aromatic heterocycles. The van der Waals surface area contributed by atoms with Crippen LogP contribution in [0.1, 0.15) is 145 Å². The maximum absolute atomic E-state index is 11.9. The van der Waals surface area contributed by atoms with Crippen LogP contribution in [0.4, 0.5) is 0 Å². The van der Waals surface area contributed by atoms with Crippen LogP contribution in [0.5, 0.6) is 46.0 Å². The highest BCUT2D eigenvalue weighted by molar-refractivity contribution is 9.11. The third kappa shape index (κ3) is 9.65. The number of hydrogen-bond donors (Lipinski definition) is 12. The summed E-state index contributed by atoms with van der Waals surface area (Å²) in [5.74, 6) is -6.05. The zero-order chi connectivity index (χ0) is 44.0. The second-order valence-electron chi connectivity index (χ2n) is 15.4. The number of halogens is 4. The molecule has 5 rings (SSSR count). The van der Waals surface area contributed by atoms with E-state index in [-0.39, 0.29) is 161 Å². The standard InChI is InChI=1S/C44H52Br4O12/c45-33-37(53)25-17-27(39(33)55)22(10-2-6-14-50)29-19-31(43(59)35(47)41(29)57)24(12-4-8-16-52)32-20-30(42(58)36(48)44(32)60)23(11-3-7-15-51)28-18-26(21(25)9-1-5-13-49)38(54)34(46)40(28)56/h17-24,49-60H,1-16H2. The minimum Gasteiger partial charge on any atom is -0.506 e. The van der Waals surface area contributed by atoms with E-state index in [9.17, 15) is 61.3 Å². The fourth-order valence-corrected chi connectivity index (χ4v) is 10.4. The Kier molecular flexibility index (Phi) is 17.2. The number of rotatable bonds is 16. The van der Waals surface area contributed by atoms with Crippen molar-refractivity contribution in [2.45, 2.75) is 101 Å². The van der Waals surface area contributed by atoms with E-state index in [2.05, 4.69) is 63.7 Å². The average Bonchev–Trinajstić information content (AvgIpc) is 3.23. The Morgan fingerprint density at radius 3 is 0.567 bits per heavy atom. The maximum atomic E-state index is 11.9. The second kappa shape index (κ2) is 21.4. The largest absolute Gasteiger partial charge is 0.506 e. The Hall–Kier alpha value is -2.96. The molecule has 328 valence electrons. The van der Waals surface area contributed by atoms with E-state index in [1.165, 1.54) is 0 Å². The Morgan fingerprint density at radius 1 is 0.283 bits per heavy atom. The van der Waals surface area contributed by atoms with E-state index < -0.39 is 23.7 Å². The number of aromatic hydroxyl groups is 8. The van der Waals surface area contributed by atoms with Crippen molar-refractivity contribution >= 4 is 63.7 Å². The Bertz CT molecular complexity index is 1750. The number of fused-ring (bicyclic) bond motifs is 8. The quantitative estimate of drug-likeness (QED) is 0.0469. The van der Waals surface area contributed by atoms with Gasteiger partial charge in [-0.1, -0.05) is 25.7 Å². The molecule has 12 nitrogen and oxygen atoms in total. The van der Waals surface area contributed by atoms with Crippen LogP contribution in [-0.2, 0) is 0 Å². The molecule has 0 heterocycles. The first-order valence-electron chi connectivity index (χ1n) is 20.1. The Morgan fingerprint density at radius 2 is 0.433 bits per heavy atom. The van der Waals surface area contributed by atoms with Crippen molar-refractivity contribution < 1.29 is 61.3 Å². The van der Waals surface area contributed by atoms with E-state index in [0.29, 0.717) is 51.4 Å². The fourth-order valence-electron chi connectivity index (χ4n) is 8.56. The zero-order valence-corrected chi connectivity index (χ0v) is 39.2. The highest BCUT2D eigenvalue weighted by Gasteiger charge is 2.36. The predicted molar refractivity (Wildman–Crippen MR) is 241 cm³/mol. The van der Waals surface area contributed by atoms with Gasteiger partial charge in [0.1, 0.15) is 63.9 Å². The molecule has 16 heteroatoms. The molecule has 4 aromatic carbocycles. The molecule has 0 fully saturated rings. The summed E-state index contributed by atoms with van der Waals surface area (Å²) in [4.78, 5) is 0. The molecule has 0 aliphatic heterocycles. The second-order valence-corrected chi connectivity index (χ2v) is 18.5. The molecular weight excluding hydrogens is 1040 g/mol. The first-order chi connectivity index (χ1) is 28.7. The Labute approximate surface area is 382 Å². The molecule has 0 radical (unpaired) electrons. The van der Waals surface area contributed by atoms with E-state index in [0.717, 1.165) is 0 Å². The van der Waals surface area contributed by atoms with E-state index in [1.807, 2.05) is 0 Å². The summed E-state index contributed by atoms with van der Waals surface area (Å²) in [6.07, 6.45) is 4.21. The summed E-state index contributed by atoms with van der Waals surface area (Å²) in [5.41, 5.74) is 2.11. The SMILES string of the molecule is OCCCCC1c2cc(c(O)c(Br)c2O)C(CCCCO)c2cc(c(O)c(Br)c2O)C(CCCCO)c2cc(c(O)c(Br)c2O)C(CCCCO)c2cc1c(O)c(Br)c2O. The van der Waals surface area contributed by atoms with Gasteiger partial charge in [-0.2, -0.15) is 0 Å². The first kappa shape index (κ1) is 48.1. The molecule has 0 unspecified atom stereocenters. The van der Waals surface area contributed by atoms with Gasteiger partial charge in [0, 0.05) is 94.6 Å². The van der Waals surface area contributed by atoms with Gasteiger partial charge in [-0.3, -0.25) is 0 Å². The van der Waals surface area contributed by atoms with Crippen LogP contribution in [0.25, 0.3) is 0 Å². The molecular formula is C44H52Br4O12. The number of phenols is 8. The van der Waals surface area contributed by atoms with Crippen LogP contribution in [0.3, 0.4) is 0 Å². The topological polar surface area (TPSA) is 243 Å². The minimum absolute atomic E-state index is 0.0658. The highest BCUT2D eigenvalue weighted by atomic mass is 79.9. The number of hydrogen-bond acceptors (Lipinski definition) is 12. The molecule has 60 heavy (non-hydrogen) atoms. The predicted octanol–water partition coefficient (Wildman–Crippen LogP) is 9.87. The van der Waals surface area contributed by atoms with Crippen LogP contribution >= 0.6 is 63.7 Å². The van der Waals surface area contributed by atoms with Gasteiger partial charge >= 0.3 is 0 Å². The number of benzene rings is 4. The molecule has 12 N–H and O–H groups in total. The Balaban J connectivity index is 2.03. The molecule has 0 spiro atoms. The molecule has 4 aromatic rings. The molecule has 1 aliphatic rings. The van der Waals surface area contributed by atoms with Crippen molar-refractivity contribution in [1.29, 1.82) is 0 Å². The van der Waals surface area contributed by atoms with Gasteiger partial charge in [-0.25, -0.2) is 0 Å². The van der Waals surface area contributed by atoms with Gasteiger partial charge in [0.25, 0.3) is 0 Å². The van der Waals surface area contributed by atoms with Crippen LogP contribution in [0.15, 0.2) is 42.2 Å². The number of aliphatic hydroxyl groups is 4. The lowest BCUT2D eigenvalue weighted by Crippen LogP contribution is -2.12. The summed E-state index contributed by atoms with van der Waals surface area (Å²) >= 11 is 13.6. The van der Waals surface area contributed by atoms with Gasteiger partial charge in [0.05, 0.1) is 0 Å². The zero-order valence-electron chi connectivity index (χ0n) is 32.8. The monoisotopic (exact) mass is 1090 g/mol. The summed E-state index contributed by atoms with van der Waals surface area (Å²) in [5, 5.41) is 134. The molecule has 0 saturated carbocycles. The molecule has 1 aliphatic carbocycles. The van der Waals surface area contributed by atoms with E-state index >= 15 is 0 Å². The van der Waals surface area contributed by atoms with Gasteiger partial charge in [-0.05, 0) is 139 Å². The normalized spacial score (nSPS) is 17.6.